The summed E-state index contributed by atoms with van der Waals surface area (Å²) in [5, 5.41) is 11.7. The molecule has 3 aromatic rings. The van der Waals surface area contributed by atoms with Gasteiger partial charge in [0.25, 0.3) is 5.56 Å². The molecule has 0 unspecified atom stereocenters. The van der Waals surface area contributed by atoms with Crippen molar-refractivity contribution in [3.05, 3.63) is 68.8 Å². The Hall–Kier alpha value is -3.42. The highest BCUT2D eigenvalue weighted by atomic mass is 16.6. The number of aromatic nitrogens is 2. The molecule has 1 heterocycles. The van der Waals surface area contributed by atoms with E-state index in [0.717, 1.165) is 0 Å². The normalized spacial score (nSPS) is 11.9. The van der Waals surface area contributed by atoms with Crippen molar-refractivity contribution in [3.63, 3.8) is 0 Å². The fourth-order valence-electron chi connectivity index (χ4n) is 2.41. The summed E-state index contributed by atoms with van der Waals surface area (Å²) in [6.45, 7) is 1.65. The Balaban J connectivity index is 1.96. The number of H-pyrrole nitrogens is 1. The molecule has 0 fully saturated rings. The van der Waals surface area contributed by atoms with Gasteiger partial charge in [0.05, 0.1) is 29.0 Å². The molecule has 2 aromatic carbocycles. The van der Waals surface area contributed by atoms with Crippen LogP contribution in [0.25, 0.3) is 10.9 Å². The van der Waals surface area contributed by atoms with E-state index in [-0.39, 0.29) is 22.8 Å². The van der Waals surface area contributed by atoms with Crippen LogP contribution in [-0.4, -0.2) is 22.0 Å². The number of nitrogens with zero attached hydrogens (tertiary/aromatic N) is 2. The number of fused-ring (bicyclic) bond motifs is 1. The van der Waals surface area contributed by atoms with Crippen LogP contribution in [0, 0.1) is 10.1 Å². The van der Waals surface area contributed by atoms with Crippen molar-refractivity contribution in [2.24, 2.45) is 0 Å². The van der Waals surface area contributed by atoms with Crippen LogP contribution in [0.15, 0.2) is 47.3 Å². The average molecular weight is 341 g/mol. The lowest BCUT2D eigenvalue weighted by molar-refractivity contribution is -0.386. The van der Waals surface area contributed by atoms with Gasteiger partial charge < -0.3 is 14.5 Å². The second-order valence-corrected chi connectivity index (χ2v) is 5.32. The zero-order valence-electron chi connectivity index (χ0n) is 13.6. The summed E-state index contributed by atoms with van der Waals surface area (Å²) in [6, 6.07) is 11.2. The molecule has 0 saturated carbocycles. The Kier molecular flexibility index (Phi) is 4.34. The van der Waals surface area contributed by atoms with Crippen LogP contribution in [0.1, 0.15) is 18.9 Å². The first-order valence-electron chi connectivity index (χ1n) is 7.47. The lowest BCUT2D eigenvalue weighted by Gasteiger charge is -2.14. The second kappa shape index (κ2) is 6.60. The van der Waals surface area contributed by atoms with E-state index in [0.29, 0.717) is 16.7 Å². The molecule has 0 spiro atoms. The number of aromatic amines is 1. The minimum atomic E-state index is -0.690. The molecule has 8 heteroatoms. The number of nitro groups is 1. The van der Waals surface area contributed by atoms with E-state index in [1.807, 2.05) is 0 Å². The zero-order valence-corrected chi connectivity index (χ0v) is 13.6. The molecule has 128 valence electrons. The van der Waals surface area contributed by atoms with Crippen LogP contribution in [0.5, 0.6) is 11.5 Å². The quantitative estimate of drug-likeness (QED) is 0.564. The first-order chi connectivity index (χ1) is 12.0. The van der Waals surface area contributed by atoms with Gasteiger partial charge in [-0.15, -0.1) is 0 Å². The van der Waals surface area contributed by atoms with E-state index >= 15 is 0 Å². The molecule has 0 aliphatic carbocycles. The molecule has 0 bridgehead atoms. The lowest BCUT2D eigenvalue weighted by atomic mass is 10.2. The first kappa shape index (κ1) is 16.4. The number of methoxy groups -OCH3 is 1. The van der Waals surface area contributed by atoms with Gasteiger partial charge in [-0.3, -0.25) is 14.9 Å². The summed E-state index contributed by atoms with van der Waals surface area (Å²) in [5.74, 6) is 0.701. The number of hydrogen-bond acceptors (Lipinski definition) is 6. The maximum atomic E-state index is 12.1. The molecule has 1 N–H and O–H groups in total. The summed E-state index contributed by atoms with van der Waals surface area (Å²) in [7, 11) is 1.42. The topological polar surface area (TPSA) is 107 Å². The van der Waals surface area contributed by atoms with Gasteiger partial charge in [0, 0.05) is 0 Å². The van der Waals surface area contributed by atoms with Gasteiger partial charge in [-0.1, -0.05) is 12.1 Å². The number of benzene rings is 2. The Morgan fingerprint density at radius 3 is 2.72 bits per heavy atom. The zero-order chi connectivity index (χ0) is 18.0. The molecule has 25 heavy (non-hydrogen) atoms. The van der Waals surface area contributed by atoms with Gasteiger partial charge in [-0.2, -0.15) is 0 Å². The molecule has 0 aliphatic rings. The second-order valence-electron chi connectivity index (χ2n) is 5.32. The largest absolute Gasteiger partial charge is 0.496 e. The van der Waals surface area contributed by atoms with Crippen LogP contribution < -0.4 is 15.0 Å². The van der Waals surface area contributed by atoms with Crippen molar-refractivity contribution in [2.45, 2.75) is 13.0 Å². The summed E-state index contributed by atoms with van der Waals surface area (Å²) in [4.78, 5) is 29.8. The number of rotatable bonds is 5. The van der Waals surface area contributed by atoms with Crippen molar-refractivity contribution in [3.8, 4) is 11.5 Å². The predicted octanol–water partition coefficient (Wildman–Crippen LogP) is 2.98. The van der Waals surface area contributed by atoms with Gasteiger partial charge >= 0.3 is 5.69 Å². The van der Waals surface area contributed by atoms with Crippen molar-refractivity contribution >= 4 is 16.6 Å². The lowest BCUT2D eigenvalue weighted by Crippen LogP contribution is -2.16. The highest BCUT2D eigenvalue weighted by Gasteiger charge is 2.20. The number of nitro benzene ring substituents is 1. The first-order valence-corrected chi connectivity index (χ1v) is 7.47. The van der Waals surface area contributed by atoms with Crippen molar-refractivity contribution in [1.82, 2.24) is 9.97 Å². The van der Waals surface area contributed by atoms with Crippen LogP contribution >= 0.6 is 0 Å². The van der Waals surface area contributed by atoms with E-state index in [2.05, 4.69) is 9.97 Å². The summed E-state index contributed by atoms with van der Waals surface area (Å²) in [6.07, 6.45) is -0.690. The minimum absolute atomic E-state index is 0.0640. The van der Waals surface area contributed by atoms with Crippen LogP contribution in [0.4, 0.5) is 5.69 Å². The van der Waals surface area contributed by atoms with Crippen molar-refractivity contribution < 1.29 is 14.4 Å². The summed E-state index contributed by atoms with van der Waals surface area (Å²) in [5.41, 5.74) is 0.00977. The number of nitrogens with one attached hydrogen (secondary N) is 1. The third-order valence-electron chi connectivity index (χ3n) is 3.68. The molecule has 0 amide bonds. The molecule has 1 aromatic heterocycles. The fourth-order valence-corrected chi connectivity index (χ4v) is 2.41. The molecule has 0 radical (unpaired) electrons. The average Bonchev–Trinajstić information content (AvgIpc) is 2.61. The highest BCUT2D eigenvalue weighted by molar-refractivity contribution is 5.77. The third kappa shape index (κ3) is 3.27. The molecule has 1 atom stereocenters. The van der Waals surface area contributed by atoms with Crippen LogP contribution in [-0.2, 0) is 0 Å². The molecule has 3 rings (SSSR count). The number of para-hydroxylation sites is 1. The SMILES string of the molecule is COc1ccc(O[C@@H](C)c2nc3ccccc3c(=O)[nH]2)c([N+](=O)[O-])c1. The molecular weight excluding hydrogens is 326 g/mol. The molecule has 8 nitrogen and oxygen atoms in total. The van der Waals surface area contributed by atoms with Gasteiger partial charge in [0.15, 0.2) is 17.7 Å². The van der Waals surface area contributed by atoms with Crippen LogP contribution in [0.2, 0.25) is 0 Å². The van der Waals surface area contributed by atoms with E-state index in [9.17, 15) is 14.9 Å². The Labute approximate surface area is 142 Å². The van der Waals surface area contributed by atoms with Crippen molar-refractivity contribution in [2.75, 3.05) is 7.11 Å². The Bertz CT molecular complexity index is 999. The Morgan fingerprint density at radius 2 is 2.00 bits per heavy atom. The fraction of sp³-hybridized carbons (Fsp3) is 0.176. The van der Waals surface area contributed by atoms with Gasteiger partial charge in [0.2, 0.25) is 0 Å². The van der Waals surface area contributed by atoms with E-state index in [1.165, 1.54) is 19.2 Å². The monoisotopic (exact) mass is 341 g/mol. The van der Waals surface area contributed by atoms with E-state index in [4.69, 9.17) is 9.47 Å². The van der Waals surface area contributed by atoms with E-state index in [1.54, 1.807) is 37.3 Å². The molecule has 0 aliphatic heterocycles. The maximum Gasteiger partial charge on any atom is 0.314 e. The minimum Gasteiger partial charge on any atom is -0.496 e. The predicted molar refractivity (Wildman–Crippen MR) is 91.1 cm³/mol. The highest BCUT2D eigenvalue weighted by Crippen LogP contribution is 2.33. The molecular formula is C17H15N3O5. The number of hydrogen-bond donors (Lipinski definition) is 1. The van der Waals surface area contributed by atoms with Gasteiger partial charge in [-0.05, 0) is 31.2 Å². The Morgan fingerprint density at radius 1 is 1.24 bits per heavy atom. The third-order valence-corrected chi connectivity index (χ3v) is 3.68. The van der Waals surface area contributed by atoms with E-state index < -0.39 is 11.0 Å². The molecule has 0 saturated heterocycles. The van der Waals surface area contributed by atoms with Gasteiger partial charge in [-0.25, -0.2) is 4.98 Å². The van der Waals surface area contributed by atoms with Crippen LogP contribution in [0.3, 0.4) is 0 Å². The van der Waals surface area contributed by atoms with Gasteiger partial charge in [0.1, 0.15) is 5.75 Å². The standard InChI is InChI=1S/C17H15N3O5/c1-10(16-18-13-6-4-3-5-12(13)17(21)19-16)25-15-8-7-11(24-2)9-14(15)20(22)23/h3-10H,1-2H3,(H,18,19,21)/t10-/m0/s1. The summed E-state index contributed by atoms with van der Waals surface area (Å²) >= 11 is 0. The number of ether oxygens (including phenoxy) is 2. The maximum absolute atomic E-state index is 12.1. The smallest absolute Gasteiger partial charge is 0.314 e. The summed E-state index contributed by atoms with van der Waals surface area (Å²) < 4.78 is 10.7. The van der Waals surface area contributed by atoms with Crippen molar-refractivity contribution in [1.29, 1.82) is 0 Å².